The average molecular weight is 224 g/mol. The summed E-state index contributed by atoms with van der Waals surface area (Å²) in [5.41, 5.74) is 0.896. The molecule has 0 N–H and O–H groups in total. The Labute approximate surface area is 95.1 Å². The van der Waals surface area contributed by atoms with E-state index in [0.29, 0.717) is 0 Å². The number of hydrogen-bond donors (Lipinski definition) is 0. The number of benzene rings is 1. The lowest BCUT2D eigenvalue weighted by molar-refractivity contribution is -0.143. The van der Waals surface area contributed by atoms with Crippen LogP contribution in [0.25, 0.3) is 0 Å². The van der Waals surface area contributed by atoms with Crippen molar-refractivity contribution in [1.82, 2.24) is 0 Å². The Hall–Kier alpha value is -1.55. The lowest BCUT2D eigenvalue weighted by Gasteiger charge is -2.15. The third-order valence-electron chi connectivity index (χ3n) is 2.33. The van der Waals surface area contributed by atoms with Gasteiger partial charge in [0.1, 0.15) is 5.75 Å². The molecule has 0 aliphatic heterocycles. The van der Waals surface area contributed by atoms with Crippen LogP contribution in [0.5, 0.6) is 5.75 Å². The molecule has 0 heterocycles. The molecular weight excluding hydrogens is 208 g/mol. The van der Waals surface area contributed by atoms with Gasteiger partial charge in [0.05, 0.1) is 26.7 Å². The van der Waals surface area contributed by atoms with E-state index in [2.05, 4.69) is 4.74 Å². The van der Waals surface area contributed by atoms with Gasteiger partial charge in [0.2, 0.25) is 0 Å². The molecule has 0 spiro atoms. The smallest absolute Gasteiger partial charge is 0.308 e. The molecule has 0 aliphatic rings. The molecule has 0 aliphatic carbocycles. The van der Waals surface area contributed by atoms with E-state index in [4.69, 9.17) is 9.47 Å². The first-order valence-electron chi connectivity index (χ1n) is 4.94. The lowest BCUT2D eigenvalue weighted by atomic mass is 10.1. The van der Waals surface area contributed by atoms with E-state index < -0.39 is 0 Å². The molecule has 1 aromatic carbocycles. The highest BCUT2D eigenvalue weighted by Crippen LogP contribution is 2.24. The Morgan fingerprint density at radius 2 is 2.06 bits per heavy atom. The molecule has 0 saturated carbocycles. The van der Waals surface area contributed by atoms with Crippen LogP contribution in [0.4, 0.5) is 0 Å². The maximum absolute atomic E-state index is 11.2. The highest BCUT2D eigenvalue weighted by Gasteiger charge is 2.16. The molecule has 4 heteroatoms. The van der Waals surface area contributed by atoms with Crippen molar-refractivity contribution in [2.24, 2.45) is 0 Å². The van der Waals surface area contributed by atoms with Crippen LogP contribution in [-0.4, -0.2) is 27.3 Å². The van der Waals surface area contributed by atoms with E-state index in [0.717, 1.165) is 11.3 Å². The van der Waals surface area contributed by atoms with Gasteiger partial charge in [-0.1, -0.05) is 12.1 Å². The summed E-state index contributed by atoms with van der Waals surface area (Å²) in [6.45, 7) is 0. The van der Waals surface area contributed by atoms with Crippen LogP contribution >= 0.6 is 0 Å². The van der Waals surface area contributed by atoms with Gasteiger partial charge in [0.25, 0.3) is 0 Å². The molecule has 0 amide bonds. The van der Waals surface area contributed by atoms with Crippen molar-refractivity contribution in [3.63, 3.8) is 0 Å². The minimum Gasteiger partial charge on any atom is -0.497 e. The summed E-state index contributed by atoms with van der Waals surface area (Å²) in [7, 11) is 4.52. The van der Waals surface area contributed by atoms with Crippen LogP contribution in [0.1, 0.15) is 18.1 Å². The number of methoxy groups -OCH3 is 3. The van der Waals surface area contributed by atoms with Crippen molar-refractivity contribution in [3.05, 3.63) is 29.8 Å². The van der Waals surface area contributed by atoms with Crippen molar-refractivity contribution < 1.29 is 19.0 Å². The number of rotatable bonds is 5. The largest absolute Gasteiger partial charge is 0.497 e. The molecule has 0 fully saturated rings. The Kier molecular flexibility index (Phi) is 4.79. The second kappa shape index (κ2) is 6.12. The van der Waals surface area contributed by atoms with Crippen molar-refractivity contribution >= 4 is 5.97 Å². The maximum atomic E-state index is 11.2. The first kappa shape index (κ1) is 12.5. The summed E-state index contributed by atoms with van der Waals surface area (Å²) in [6, 6.07) is 7.43. The minimum absolute atomic E-state index is 0.195. The van der Waals surface area contributed by atoms with Crippen LogP contribution in [0.2, 0.25) is 0 Å². The van der Waals surface area contributed by atoms with E-state index in [1.54, 1.807) is 14.2 Å². The standard InChI is InChI=1S/C12H16O4/c1-14-10-6-4-5-9(7-10)11(15-2)8-12(13)16-3/h4-7,11H,8H2,1-3H3/t11-/m1/s1. The van der Waals surface area contributed by atoms with E-state index in [9.17, 15) is 4.79 Å². The number of carbonyl (C=O) groups excluding carboxylic acids is 1. The van der Waals surface area contributed by atoms with E-state index in [-0.39, 0.29) is 18.5 Å². The molecule has 0 bridgehead atoms. The van der Waals surface area contributed by atoms with Crippen LogP contribution in [0.15, 0.2) is 24.3 Å². The second-order valence-electron chi connectivity index (χ2n) is 3.28. The van der Waals surface area contributed by atoms with Crippen LogP contribution in [0, 0.1) is 0 Å². The number of ether oxygens (including phenoxy) is 3. The predicted octanol–water partition coefficient (Wildman–Crippen LogP) is 1.95. The fourth-order valence-corrected chi connectivity index (χ4v) is 1.41. The van der Waals surface area contributed by atoms with Crippen molar-refractivity contribution in [2.45, 2.75) is 12.5 Å². The minimum atomic E-state index is -0.303. The average Bonchev–Trinajstić information content (AvgIpc) is 2.35. The van der Waals surface area contributed by atoms with Gasteiger partial charge < -0.3 is 14.2 Å². The fourth-order valence-electron chi connectivity index (χ4n) is 1.41. The van der Waals surface area contributed by atoms with Gasteiger partial charge in [-0.05, 0) is 17.7 Å². The Balaban J connectivity index is 2.81. The van der Waals surface area contributed by atoms with Gasteiger partial charge in [-0.2, -0.15) is 0 Å². The zero-order valence-corrected chi connectivity index (χ0v) is 9.73. The predicted molar refractivity (Wildman–Crippen MR) is 59.4 cm³/mol. The summed E-state index contributed by atoms with van der Waals surface area (Å²) in [5.74, 6) is 0.444. The highest BCUT2D eigenvalue weighted by atomic mass is 16.5. The van der Waals surface area contributed by atoms with Gasteiger partial charge in [-0.15, -0.1) is 0 Å². The highest BCUT2D eigenvalue weighted by molar-refractivity contribution is 5.70. The first-order valence-corrected chi connectivity index (χ1v) is 4.94. The monoisotopic (exact) mass is 224 g/mol. The molecule has 1 atom stereocenters. The van der Waals surface area contributed by atoms with Crippen molar-refractivity contribution in [1.29, 1.82) is 0 Å². The van der Waals surface area contributed by atoms with Gasteiger partial charge in [-0.25, -0.2) is 0 Å². The number of esters is 1. The van der Waals surface area contributed by atoms with Gasteiger partial charge in [0.15, 0.2) is 0 Å². The summed E-state index contributed by atoms with van der Waals surface area (Å²) in [5, 5.41) is 0. The molecule has 0 aromatic heterocycles. The summed E-state index contributed by atoms with van der Waals surface area (Å²) in [4.78, 5) is 11.2. The van der Waals surface area contributed by atoms with Gasteiger partial charge in [0, 0.05) is 7.11 Å². The lowest BCUT2D eigenvalue weighted by Crippen LogP contribution is -2.10. The molecule has 4 nitrogen and oxygen atoms in total. The summed E-state index contributed by atoms with van der Waals surface area (Å²) >= 11 is 0. The molecule has 16 heavy (non-hydrogen) atoms. The third-order valence-corrected chi connectivity index (χ3v) is 2.33. The molecule has 0 unspecified atom stereocenters. The van der Waals surface area contributed by atoms with E-state index in [1.807, 2.05) is 24.3 Å². The Morgan fingerprint density at radius 1 is 1.31 bits per heavy atom. The summed E-state index contributed by atoms with van der Waals surface area (Å²) in [6.07, 6.45) is -0.109. The second-order valence-corrected chi connectivity index (χ2v) is 3.28. The number of hydrogen-bond acceptors (Lipinski definition) is 4. The molecule has 1 rings (SSSR count). The van der Waals surface area contributed by atoms with Crippen LogP contribution in [-0.2, 0) is 14.3 Å². The molecule has 88 valence electrons. The normalized spacial score (nSPS) is 11.9. The zero-order chi connectivity index (χ0) is 12.0. The first-order chi connectivity index (χ1) is 7.71. The third kappa shape index (κ3) is 3.24. The van der Waals surface area contributed by atoms with Gasteiger partial charge >= 0.3 is 5.97 Å². The molecule has 0 saturated heterocycles. The number of carbonyl (C=O) groups is 1. The molecule has 1 aromatic rings. The fraction of sp³-hybridized carbons (Fsp3) is 0.417. The van der Waals surface area contributed by atoms with Crippen molar-refractivity contribution in [3.8, 4) is 5.75 Å². The molecular formula is C12H16O4. The maximum Gasteiger partial charge on any atom is 0.308 e. The van der Waals surface area contributed by atoms with Crippen molar-refractivity contribution in [2.75, 3.05) is 21.3 Å². The Morgan fingerprint density at radius 3 is 2.62 bits per heavy atom. The van der Waals surface area contributed by atoms with Crippen LogP contribution < -0.4 is 4.74 Å². The zero-order valence-electron chi connectivity index (χ0n) is 9.73. The SMILES string of the molecule is COC(=O)C[C@@H](OC)c1cccc(OC)c1. The quantitative estimate of drug-likeness (QED) is 0.717. The van der Waals surface area contributed by atoms with E-state index >= 15 is 0 Å². The summed E-state index contributed by atoms with van der Waals surface area (Å²) < 4.78 is 15.0. The Bertz CT molecular complexity index is 349. The van der Waals surface area contributed by atoms with Gasteiger partial charge in [-0.3, -0.25) is 4.79 Å². The van der Waals surface area contributed by atoms with Crippen LogP contribution in [0.3, 0.4) is 0 Å². The topological polar surface area (TPSA) is 44.8 Å². The molecule has 0 radical (unpaired) electrons. The van der Waals surface area contributed by atoms with E-state index in [1.165, 1.54) is 7.11 Å².